The highest BCUT2D eigenvalue weighted by Gasteiger charge is 2.38. The summed E-state index contributed by atoms with van der Waals surface area (Å²) in [6.45, 7) is 2.53. The minimum Gasteiger partial charge on any atom is -0.391 e. The molecule has 31 heavy (non-hydrogen) atoms. The Balaban J connectivity index is 1.40. The number of aryl methyl sites for hydroxylation is 1. The Labute approximate surface area is 183 Å². The van der Waals surface area contributed by atoms with Crippen molar-refractivity contribution in [1.82, 2.24) is 10.3 Å². The first-order chi connectivity index (χ1) is 14.9. The number of rotatable bonds is 5. The van der Waals surface area contributed by atoms with Gasteiger partial charge >= 0.3 is 0 Å². The second kappa shape index (κ2) is 9.09. The first-order valence-corrected chi connectivity index (χ1v) is 10.9. The zero-order valence-corrected chi connectivity index (χ0v) is 17.8. The van der Waals surface area contributed by atoms with Crippen LogP contribution in [0.1, 0.15) is 65.6 Å². The average molecular weight is 420 g/mol. The van der Waals surface area contributed by atoms with E-state index in [0.29, 0.717) is 12.1 Å². The zero-order valence-electron chi connectivity index (χ0n) is 17.8. The third-order valence-corrected chi connectivity index (χ3v) is 5.99. The van der Waals surface area contributed by atoms with Crippen molar-refractivity contribution in [3.05, 3.63) is 58.9 Å². The number of carbonyl (C=O) groups is 1. The Morgan fingerprint density at radius 1 is 1.23 bits per heavy atom. The molecule has 0 saturated heterocycles. The van der Waals surface area contributed by atoms with Crippen molar-refractivity contribution >= 4 is 11.6 Å². The van der Waals surface area contributed by atoms with E-state index in [0.717, 1.165) is 60.9 Å². The van der Waals surface area contributed by atoms with E-state index in [2.05, 4.69) is 27.5 Å². The van der Waals surface area contributed by atoms with Crippen molar-refractivity contribution in [3.63, 3.8) is 0 Å². The summed E-state index contributed by atoms with van der Waals surface area (Å²) in [6, 6.07) is 7.35. The van der Waals surface area contributed by atoms with Gasteiger partial charge in [-0.25, -0.2) is 0 Å². The molecule has 0 spiro atoms. The van der Waals surface area contributed by atoms with Gasteiger partial charge in [0, 0.05) is 35.8 Å². The maximum Gasteiger partial charge on any atom is 0.251 e. The number of nitrogens with zero attached hydrogens (tertiary/aromatic N) is 1. The number of anilines is 1. The van der Waals surface area contributed by atoms with Crippen LogP contribution in [-0.4, -0.2) is 38.9 Å². The van der Waals surface area contributed by atoms with E-state index in [-0.39, 0.29) is 11.9 Å². The van der Waals surface area contributed by atoms with E-state index < -0.39 is 11.7 Å². The second-order valence-corrected chi connectivity index (χ2v) is 8.68. The van der Waals surface area contributed by atoms with Gasteiger partial charge in [0.2, 0.25) is 0 Å². The van der Waals surface area contributed by atoms with Crippen LogP contribution in [0.25, 0.3) is 0 Å². The summed E-state index contributed by atoms with van der Waals surface area (Å²) in [4.78, 5) is 16.9. The van der Waals surface area contributed by atoms with Crippen LogP contribution in [0.5, 0.6) is 0 Å². The summed E-state index contributed by atoms with van der Waals surface area (Å²) < 4.78 is 0. The largest absolute Gasteiger partial charge is 0.391 e. The Morgan fingerprint density at radius 3 is 2.81 bits per heavy atom. The van der Waals surface area contributed by atoms with E-state index in [1.54, 1.807) is 12.4 Å². The van der Waals surface area contributed by atoms with Gasteiger partial charge in [0.1, 0.15) is 5.60 Å². The van der Waals surface area contributed by atoms with Gasteiger partial charge in [-0.15, -0.1) is 0 Å². The number of benzene rings is 1. The Hall–Kier alpha value is -2.88. The van der Waals surface area contributed by atoms with E-state index >= 15 is 0 Å². The molecule has 4 rings (SSSR count). The van der Waals surface area contributed by atoms with Gasteiger partial charge in [0.15, 0.2) is 0 Å². The van der Waals surface area contributed by atoms with Gasteiger partial charge in [0.05, 0.1) is 12.1 Å². The molecule has 2 atom stereocenters. The number of hydrogen-bond donors (Lipinski definition) is 4. The van der Waals surface area contributed by atoms with Crippen molar-refractivity contribution in [2.45, 2.75) is 69.7 Å². The predicted molar refractivity (Wildman–Crippen MR) is 120 cm³/mol. The highest BCUT2D eigenvalue weighted by atomic mass is 16.3. The predicted octanol–water partition coefficient (Wildman–Crippen LogP) is 2.91. The van der Waals surface area contributed by atoms with Crippen LogP contribution in [-0.2, 0) is 6.54 Å². The molecule has 2 aromatic rings. The number of carbonyl (C=O) groups excluding carboxylic acids is 1. The maximum absolute atomic E-state index is 12.7. The van der Waals surface area contributed by atoms with Crippen LogP contribution < -0.4 is 10.6 Å². The normalized spacial score (nSPS) is 21.5. The molecule has 2 aliphatic carbocycles. The van der Waals surface area contributed by atoms with Crippen molar-refractivity contribution in [2.24, 2.45) is 0 Å². The lowest BCUT2D eigenvalue weighted by molar-refractivity contribution is 0.0717. The summed E-state index contributed by atoms with van der Waals surface area (Å²) in [5.74, 6) is 5.74. The minimum atomic E-state index is -0.806. The number of hydrogen-bond acceptors (Lipinski definition) is 5. The topological polar surface area (TPSA) is 94.5 Å². The monoisotopic (exact) mass is 419 g/mol. The second-order valence-electron chi connectivity index (χ2n) is 8.68. The molecule has 1 amide bonds. The van der Waals surface area contributed by atoms with Crippen LogP contribution in [0.4, 0.5) is 5.69 Å². The number of amides is 1. The van der Waals surface area contributed by atoms with Crippen LogP contribution in [0, 0.1) is 18.8 Å². The van der Waals surface area contributed by atoms with Gasteiger partial charge < -0.3 is 20.8 Å². The van der Waals surface area contributed by atoms with Gasteiger partial charge in [-0.2, -0.15) is 0 Å². The van der Waals surface area contributed by atoms with Crippen molar-refractivity contribution in [2.75, 3.05) is 5.32 Å². The lowest BCUT2D eigenvalue weighted by Gasteiger charge is -2.28. The summed E-state index contributed by atoms with van der Waals surface area (Å²) in [7, 11) is 0. The zero-order chi connectivity index (χ0) is 21.8. The average Bonchev–Trinajstić information content (AvgIpc) is 3.51. The molecular weight excluding hydrogens is 390 g/mol. The molecule has 162 valence electrons. The SMILES string of the molecule is Cc1ccc(C(=O)N[C@H]2CCCC[C@@H]2O)cc1NCc1cncc(C#CC2(O)CC2)c1. The van der Waals surface area contributed by atoms with Gasteiger partial charge in [-0.3, -0.25) is 9.78 Å². The highest BCUT2D eigenvalue weighted by molar-refractivity contribution is 5.95. The standard InChI is InChI=1S/C25H29N3O3/c1-17-6-7-20(24(30)28-21-4-2-3-5-23(21)29)13-22(17)27-16-19-12-18(14-26-15-19)8-9-25(31)10-11-25/h6-7,12-15,21,23,27,29,31H,2-5,10-11,16H2,1H3,(H,28,30)/t21-,23-/m0/s1. The van der Waals surface area contributed by atoms with E-state index in [4.69, 9.17) is 0 Å². The van der Waals surface area contributed by atoms with E-state index in [1.165, 1.54) is 0 Å². The van der Waals surface area contributed by atoms with Crippen LogP contribution in [0.3, 0.4) is 0 Å². The van der Waals surface area contributed by atoms with Gasteiger partial charge in [0.25, 0.3) is 5.91 Å². The molecule has 2 fully saturated rings. The lowest BCUT2D eigenvalue weighted by atomic mass is 9.92. The molecular formula is C25H29N3O3. The van der Waals surface area contributed by atoms with Gasteiger partial charge in [-0.05, 0) is 61.9 Å². The third-order valence-electron chi connectivity index (χ3n) is 5.99. The molecule has 0 radical (unpaired) electrons. The van der Waals surface area contributed by atoms with Crippen LogP contribution in [0.2, 0.25) is 0 Å². The number of pyridine rings is 1. The molecule has 6 heteroatoms. The fourth-order valence-electron chi connectivity index (χ4n) is 3.77. The molecule has 2 aliphatic rings. The van der Waals surface area contributed by atoms with E-state index in [1.807, 2.05) is 31.2 Å². The maximum atomic E-state index is 12.7. The number of nitrogens with one attached hydrogen (secondary N) is 2. The summed E-state index contributed by atoms with van der Waals surface area (Å²) in [5.41, 5.74) is 3.42. The summed E-state index contributed by atoms with van der Waals surface area (Å²) >= 11 is 0. The molecule has 1 heterocycles. The molecule has 1 aromatic heterocycles. The van der Waals surface area contributed by atoms with Crippen molar-refractivity contribution in [3.8, 4) is 11.8 Å². The molecule has 0 unspecified atom stereocenters. The summed E-state index contributed by atoms with van der Waals surface area (Å²) in [6.07, 6.45) is 8.06. The molecule has 1 aromatic carbocycles. The quantitative estimate of drug-likeness (QED) is 0.559. The fraction of sp³-hybridized carbons (Fsp3) is 0.440. The molecule has 2 saturated carbocycles. The third kappa shape index (κ3) is 5.63. The van der Waals surface area contributed by atoms with E-state index in [9.17, 15) is 15.0 Å². The number of aliphatic hydroxyl groups is 2. The fourth-order valence-corrected chi connectivity index (χ4v) is 3.77. The van der Waals surface area contributed by atoms with Crippen LogP contribution >= 0.6 is 0 Å². The number of aliphatic hydroxyl groups excluding tert-OH is 1. The van der Waals surface area contributed by atoms with Gasteiger partial charge in [-0.1, -0.05) is 30.7 Å². The molecule has 4 N–H and O–H groups in total. The highest BCUT2D eigenvalue weighted by Crippen LogP contribution is 2.34. The van der Waals surface area contributed by atoms with Crippen molar-refractivity contribution < 1.29 is 15.0 Å². The first-order valence-electron chi connectivity index (χ1n) is 10.9. The Morgan fingerprint density at radius 2 is 2.03 bits per heavy atom. The molecule has 0 bridgehead atoms. The molecule has 6 nitrogen and oxygen atoms in total. The Kier molecular flexibility index (Phi) is 6.26. The number of aromatic nitrogens is 1. The summed E-state index contributed by atoms with van der Waals surface area (Å²) in [5, 5.41) is 26.4. The Bertz CT molecular complexity index is 1020. The smallest absolute Gasteiger partial charge is 0.251 e. The molecule has 0 aliphatic heterocycles. The van der Waals surface area contributed by atoms with Crippen molar-refractivity contribution in [1.29, 1.82) is 0 Å². The first kappa shape index (κ1) is 21.4. The van der Waals surface area contributed by atoms with Crippen LogP contribution in [0.15, 0.2) is 36.7 Å². The minimum absolute atomic E-state index is 0.161. The lowest BCUT2D eigenvalue weighted by Crippen LogP contribution is -2.45.